The lowest BCUT2D eigenvalue weighted by Crippen LogP contribution is -2.42. The number of carbonyl (C=O) groups is 2. The van der Waals surface area contributed by atoms with Gasteiger partial charge in [0.2, 0.25) is 0 Å². The monoisotopic (exact) mass is 291 g/mol. The van der Waals surface area contributed by atoms with Gasteiger partial charge in [-0.25, -0.2) is 14.2 Å². The molecule has 0 saturated carbocycles. The summed E-state index contributed by atoms with van der Waals surface area (Å²) >= 11 is 0. The lowest BCUT2D eigenvalue weighted by atomic mass is 10.1. The summed E-state index contributed by atoms with van der Waals surface area (Å²) in [6.45, 7) is 1.53. The maximum absolute atomic E-state index is 13.9. The fourth-order valence-electron chi connectivity index (χ4n) is 1.88. The number of halogens is 1. The number of aromatic nitrogens is 2. The van der Waals surface area contributed by atoms with Crippen LogP contribution in [0, 0.1) is 12.7 Å². The highest BCUT2D eigenvalue weighted by atomic mass is 19.1. The molecule has 3 N–H and O–H groups in total. The molecule has 0 saturated heterocycles. The van der Waals surface area contributed by atoms with Crippen LogP contribution in [0.15, 0.2) is 30.7 Å². The number of carboxylic acid groups (broad SMARTS) is 1. The summed E-state index contributed by atoms with van der Waals surface area (Å²) < 4.78 is 13.9. The first-order chi connectivity index (χ1) is 9.99. The summed E-state index contributed by atoms with van der Waals surface area (Å²) in [7, 11) is 0. The predicted octanol–water partition coefficient (Wildman–Crippen LogP) is 1.28. The van der Waals surface area contributed by atoms with Gasteiger partial charge in [0.25, 0.3) is 5.91 Å². The molecule has 1 heterocycles. The van der Waals surface area contributed by atoms with Crippen molar-refractivity contribution < 1.29 is 19.1 Å². The smallest absolute Gasteiger partial charge is 0.326 e. The minimum absolute atomic E-state index is 0.0362. The number of hydrogen-bond acceptors (Lipinski definition) is 3. The van der Waals surface area contributed by atoms with Gasteiger partial charge < -0.3 is 15.4 Å². The Bertz CT molecular complexity index is 655. The third kappa shape index (κ3) is 3.44. The number of carboxylic acids is 1. The van der Waals surface area contributed by atoms with Gasteiger partial charge in [-0.2, -0.15) is 0 Å². The second-order valence-electron chi connectivity index (χ2n) is 4.58. The molecule has 0 unspecified atom stereocenters. The summed E-state index contributed by atoms with van der Waals surface area (Å²) in [5.74, 6) is -2.62. The largest absolute Gasteiger partial charge is 0.480 e. The van der Waals surface area contributed by atoms with Crippen LogP contribution in [0.5, 0.6) is 0 Å². The molecule has 6 nitrogen and oxygen atoms in total. The topological polar surface area (TPSA) is 95.1 Å². The van der Waals surface area contributed by atoms with E-state index in [2.05, 4.69) is 15.3 Å². The van der Waals surface area contributed by atoms with Crippen LogP contribution in [0.25, 0.3) is 0 Å². The average Bonchev–Trinajstić information content (AvgIpc) is 2.93. The van der Waals surface area contributed by atoms with Crippen molar-refractivity contribution >= 4 is 11.9 Å². The van der Waals surface area contributed by atoms with E-state index in [0.717, 1.165) is 0 Å². The Morgan fingerprint density at radius 1 is 1.48 bits per heavy atom. The van der Waals surface area contributed by atoms with Crippen LogP contribution in [0.2, 0.25) is 0 Å². The fraction of sp³-hybridized carbons (Fsp3) is 0.214. The van der Waals surface area contributed by atoms with Crippen LogP contribution < -0.4 is 5.32 Å². The maximum Gasteiger partial charge on any atom is 0.326 e. The van der Waals surface area contributed by atoms with E-state index < -0.39 is 23.7 Å². The second-order valence-corrected chi connectivity index (χ2v) is 4.58. The third-order valence-corrected chi connectivity index (χ3v) is 3.02. The van der Waals surface area contributed by atoms with Gasteiger partial charge in [0.15, 0.2) is 0 Å². The van der Waals surface area contributed by atoms with Crippen LogP contribution >= 0.6 is 0 Å². The maximum atomic E-state index is 13.9. The number of aryl methyl sites for hydroxylation is 1. The number of aromatic amines is 1. The number of benzene rings is 1. The van der Waals surface area contributed by atoms with Gasteiger partial charge in [-0.3, -0.25) is 4.79 Å². The minimum Gasteiger partial charge on any atom is -0.480 e. The molecule has 0 aliphatic carbocycles. The number of nitrogens with zero attached hydrogens (tertiary/aromatic N) is 1. The van der Waals surface area contributed by atoms with Crippen LogP contribution in [0.4, 0.5) is 4.39 Å². The zero-order chi connectivity index (χ0) is 15.4. The number of imidazole rings is 1. The van der Waals surface area contributed by atoms with E-state index in [1.54, 1.807) is 0 Å². The van der Waals surface area contributed by atoms with Crippen molar-refractivity contribution in [3.8, 4) is 0 Å². The molecule has 1 amide bonds. The fourth-order valence-corrected chi connectivity index (χ4v) is 1.88. The number of rotatable bonds is 5. The van der Waals surface area contributed by atoms with Crippen LogP contribution in [-0.4, -0.2) is 33.0 Å². The van der Waals surface area contributed by atoms with Crippen molar-refractivity contribution in [2.75, 3.05) is 0 Å². The molecule has 2 aromatic rings. The molecular formula is C14H14FN3O3. The van der Waals surface area contributed by atoms with Crippen molar-refractivity contribution in [3.63, 3.8) is 0 Å². The molecule has 0 fully saturated rings. The molecule has 7 heteroatoms. The molecular weight excluding hydrogens is 277 g/mol. The van der Waals surface area contributed by atoms with Crippen molar-refractivity contribution in [1.82, 2.24) is 15.3 Å². The first kappa shape index (κ1) is 14.7. The van der Waals surface area contributed by atoms with Crippen molar-refractivity contribution in [2.24, 2.45) is 0 Å². The summed E-state index contributed by atoms with van der Waals surface area (Å²) in [5.41, 5.74) is 0.710. The van der Waals surface area contributed by atoms with E-state index >= 15 is 0 Å². The molecule has 1 aromatic carbocycles. The van der Waals surface area contributed by atoms with E-state index in [1.165, 1.54) is 37.6 Å². The normalized spacial score (nSPS) is 11.9. The molecule has 0 radical (unpaired) electrons. The Balaban J connectivity index is 2.15. The Morgan fingerprint density at radius 3 is 2.86 bits per heavy atom. The molecule has 21 heavy (non-hydrogen) atoms. The van der Waals surface area contributed by atoms with Gasteiger partial charge in [0.1, 0.15) is 11.9 Å². The standard InChI is InChI=1S/C14H14FN3O3/c1-8-3-2-4-10(12(8)15)13(19)18-11(14(20)21)5-9-6-16-7-17-9/h2-4,6-7,11H,5H2,1H3,(H,16,17)(H,18,19)(H,20,21)/t11-/m1/s1. The number of aliphatic carboxylic acids is 1. The summed E-state index contributed by atoms with van der Waals surface area (Å²) in [5, 5.41) is 11.5. The van der Waals surface area contributed by atoms with E-state index in [9.17, 15) is 14.0 Å². The molecule has 0 aliphatic heterocycles. The second kappa shape index (κ2) is 6.17. The highest BCUT2D eigenvalue weighted by Crippen LogP contribution is 2.12. The quantitative estimate of drug-likeness (QED) is 0.773. The highest BCUT2D eigenvalue weighted by Gasteiger charge is 2.23. The molecule has 1 aromatic heterocycles. The van der Waals surface area contributed by atoms with E-state index in [1.807, 2.05) is 0 Å². The van der Waals surface area contributed by atoms with Gasteiger partial charge in [-0.1, -0.05) is 12.1 Å². The first-order valence-corrected chi connectivity index (χ1v) is 6.25. The summed E-state index contributed by atoms with van der Waals surface area (Å²) in [6, 6.07) is 3.22. The lowest BCUT2D eigenvalue weighted by molar-refractivity contribution is -0.139. The molecule has 0 aliphatic rings. The van der Waals surface area contributed by atoms with Crippen LogP contribution in [-0.2, 0) is 11.2 Å². The molecule has 0 bridgehead atoms. The van der Waals surface area contributed by atoms with Crippen molar-refractivity contribution in [1.29, 1.82) is 0 Å². The van der Waals surface area contributed by atoms with Gasteiger partial charge in [-0.05, 0) is 18.6 Å². The van der Waals surface area contributed by atoms with Crippen molar-refractivity contribution in [3.05, 3.63) is 53.4 Å². The third-order valence-electron chi connectivity index (χ3n) is 3.02. The molecule has 1 atom stereocenters. The minimum atomic E-state index is -1.20. The van der Waals surface area contributed by atoms with Crippen LogP contribution in [0.3, 0.4) is 0 Å². The zero-order valence-electron chi connectivity index (χ0n) is 11.3. The Morgan fingerprint density at radius 2 is 2.24 bits per heavy atom. The number of nitrogens with one attached hydrogen (secondary N) is 2. The molecule has 0 spiro atoms. The Labute approximate surface area is 120 Å². The van der Waals surface area contributed by atoms with E-state index in [4.69, 9.17) is 5.11 Å². The van der Waals surface area contributed by atoms with Gasteiger partial charge in [0, 0.05) is 18.3 Å². The first-order valence-electron chi connectivity index (χ1n) is 6.25. The number of amides is 1. The average molecular weight is 291 g/mol. The molecule has 110 valence electrons. The lowest BCUT2D eigenvalue weighted by Gasteiger charge is -2.14. The van der Waals surface area contributed by atoms with E-state index in [0.29, 0.717) is 11.3 Å². The summed E-state index contributed by atoms with van der Waals surface area (Å²) in [4.78, 5) is 29.8. The van der Waals surface area contributed by atoms with Crippen molar-refractivity contribution in [2.45, 2.75) is 19.4 Å². The Hall–Kier alpha value is -2.70. The van der Waals surface area contributed by atoms with Gasteiger partial charge in [-0.15, -0.1) is 0 Å². The number of hydrogen-bond donors (Lipinski definition) is 3. The van der Waals surface area contributed by atoms with Gasteiger partial charge >= 0.3 is 5.97 Å². The molecule has 2 rings (SSSR count). The number of carbonyl (C=O) groups excluding carboxylic acids is 1. The van der Waals surface area contributed by atoms with Crippen LogP contribution in [0.1, 0.15) is 21.6 Å². The number of H-pyrrole nitrogens is 1. The highest BCUT2D eigenvalue weighted by molar-refractivity contribution is 5.97. The van der Waals surface area contributed by atoms with E-state index in [-0.39, 0.29) is 12.0 Å². The predicted molar refractivity (Wildman–Crippen MR) is 72.3 cm³/mol. The zero-order valence-corrected chi connectivity index (χ0v) is 11.3. The SMILES string of the molecule is Cc1cccc(C(=O)N[C@H](Cc2cnc[nH]2)C(=O)O)c1F. The van der Waals surface area contributed by atoms with Gasteiger partial charge in [0.05, 0.1) is 11.9 Å². The summed E-state index contributed by atoms with van der Waals surface area (Å²) in [6.07, 6.45) is 2.92. The Kier molecular flexibility index (Phi) is 4.32.